The number of hydrogen-bond donors (Lipinski definition) is 4. The normalized spacial score (nSPS) is 21.7. The van der Waals surface area contributed by atoms with Gasteiger partial charge in [0.15, 0.2) is 5.82 Å². The van der Waals surface area contributed by atoms with Gasteiger partial charge in [-0.2, -0.15) is 5.10 Å². The van der Waals surface area contributed by atoms with E-state index in [1.54, 1.807) is 13.8 Å². The van der Waals surface area contributed by atoms with Crippen molar-refractivity contribution in [2.45, 2.75) is 78.0 Å². The van der Waals surface area contributed by atoms with Crippen LogP contribution in [0.1, 0.15) is 63.5 Å². The lowest BCUT2D eigenvalue weighted by atomic mass is 10.0. The minimum absolute atomic E-state index is 0.0659. The Bertz CT molecular complexity index is 1650. The average molecular weight is 671 g/mol. The average Bonchev–Trinajstić information content (AvgIpc) is 3.70. The summed E-state index contributed by atoms with van der Waals surface area (Å²) in [6.45, 7) is 7.28. The first kappa shape index (κ1) is 35.2. The lowest BCUT2D eigenvalue weighted by Crippen LogP contribution is -2.54. The number of nitrogens with zero attached hydrogens (tertiary/aromatic N) is 4. The third-order valence-corrected chi connectivity index (χ3v) is 8.86. The second-order valence-corrected chi connectivity index (χ2v) is 13.4. The number of hydrogen-bond acceptors (Lipinski definition) is 7. The fraction of sp³-hybridized carbons (Fsp3) is 0.472. The van der Waals surface area contributed by atoms with E-state index in [2.05, 4.69) is 26.4 Å². The van der Waals surface area contributed by atoms with Crippen molar-refractivity contribution < 1.29 is 24.0 Å². The molecule has 2 heterocycles. The highest BCUT2D eigenvalue weighted by Gasteiger charge is 2.33. The van der Waals surface area contributed by atoms with Crippen LogP contribution in [0.3, 0.4) is 0 Å². The molecule has 260 valence electrons. The summed E-state index contributed by atoms with van der Waals surface area (Å²) in [7, 11) is 0. The molecule has 0 radical (unpaired) electrons. The Balaban J connectivity index is 1.39. The van der Waals surface area contributed by atoms with Gasteiger partial charge in [0.1, 0.15) is 24.5 Å². The Labute approximate surface area is 286 Å². The largest absolute Gasteiger partial charge is 0.354 e. The molecule has 2 aliphatic rings. The predicted molar refractivity (Wildman–Crippen MR) is 183 cm³/mol. The number of carbonyl (C=O) groups is 5. The van der Waals surface area contributed by atoms with E-state index < -0.39 is 35.8 Å². The van der Waals surface area contributed by atoms with Crippen molar-refractivity contribution in [3.05, 3.63) is 71.5 Å². The summed E-state index contributed by atoms with van der Waals surface area (Å²) in [5.74, 6) is -1.35. The van der Waals surface area contributed by atoms with Crippen molar-refractivity contribution in [3.63, 3.8) is 0 Å². The van der Waals surface area contributed by atoms with Crippen LogP contribution in [-0.2, 0) is 43.4 Å². The van der Waals surface area contributed by atoms with E-state index in [9.17, 15) is 24.0 Å². The monoisotopic (exact) mass is 670 g/mol. The van der Waals surface area contributed by atoms with Crippen LogP contribution in [0, 0.1) is 11.8 Å². The van der Waals surface area contributed by atoms with E-state index in [0.717, 1.165) is 16.7 Å². The maximum atomic E-state index is 13.8. The second kappa shape index (κ2) is 15.9. The molecule has 1 aliphatic heterocycles. The summed E-state index contributed by atoms with van der Waals surface area (Å²) < 4.78 is 1.48. The first-order valence-corrected chi connectivity index (χ1v) is 17.0. The molecule has 0 spiro atoms. The van der Waals surface area contributed by atoms with Crippen molar-refractivity contribution in [3.8, 4) is 11.4 Å². The van der Waals surface area contributed by atoms with E-state index in [-0.39, 0.29) is 49.8 Å². The Morgan fingerprint density at radius 2 is 1.51 bits per heavy atom. The summed E-state index contributed by atoms with van der Waals surface area (Å²) in [6.07, 6.45) is 1.93. The van der Waals surface area contributed by atoms with Gasteiger partial charge < -0.3 is 26.2 Å². The van der Waals surface area contributed by atoms with Gasteiger partial charge in [-0.05, 0) is 56.6 Å². The van der Waals surface area contributed by atoms with Gasteiger partial charge in [-0.15, -0.1) is 0 Å². The first-order valence-electron chi connectivity index (χ1n) is 17.0. The fourth-order valence-corrected chi connectivity index (χ4v) is 6.35. The Hall–Kier alpha value is -5.07. The van der Waals surface area contributed by atoms with E-state index >= 15 is 0 Å². The highest BCUT2D eigenvalue weighted by atomic mass is 16.2. The van der Waals surface area contributed by atoms with Crippen LogP contribution in [0.15, 0.2) is 54.6 Å². The van der Waals surface area contributed by atoms with Crippen LogP contribution in [0.25, 0.3) is 11.4 Å². The van der Waals surface area contributed by atoms with Gasteiger partial charge in [-0.25, -0.2) is 9.67 Å². The number of amides is 5. The summed E-state index contributed by atoms with van der Waals surface area (Å²) >= 11 is 0. The molecule has 0 fully saturated rings. The van der Waals surface area contributed by atoms with Crippen LogP contribution >= 0.6 is 0 Å². The van der Waals surface area contributed by atoms with Crippen LogP contribution in [0.4, 0.5) is 0 Å². The highest BCUT2D eigenvalue weighted by molar-refractivity contribution is 5.93. The maximum absolute atomic E-state index is 13.8. The lowest BCUT2D eigenvalue weighted by Gasteiger charge is -2.27. The topological polar surface area (TPSA) is 167 Å². The van der Waals surface area contributed by atoms with E-state index in [1.165, 1.54) is 9.58 Å². The number of benzene rings is 2. The van der Waals surface area contributed by atoms with Gasteiger partial charge in [-0.3, -0.25) is 24.0 Å². The molecule has 5 amide bonds. The second-order valence-electron chi connectivity index (χ2n) is 13.4. The van der Waals surface area contributed by atoms with Gasteiger partial charge in [0.25, 0.3) is 0 Å². The van der Waals surface area contributed by atoms with Crippen LogP contribution in [0.5, 0.6) is 0 Å². The van der Waals surface area contributed by atoms with E-state index in [4.69, 9.17) is 4.98 Å². The van der Waals surface area contributed by atoms with Crippen molar-refractivity contribution in [2.24, 2.45) is 11.8 Å². The molecule has 4 N–H and O–H groups in total. The Morgan fingerprint density at radius 1 is 0.837 bits per heavy atom. The maximum Gasteiger partial charge on any atom is 0.243 e. The van der Waals surface area contributed by atoms with E-state index in [0.29, 0.717) is 37.3 Å². The quantitative estimate of drug-likeness (QED) is 0.329. The fourth-order valence-electron chi connectivity index (χ4n) is 6.35. The third kappa shape index (κ3) is 9.09. The molecule has 0 unspecified atom stereocenters. The molecular formula is C36H46N8O5. The zero-order valence-corrected chi connectivity index (χ0v) is 28.6. The number of aromatic nitrogens is 3. The van der Waals surface area contributed by atoms with Crippen LogP contribution in [0.2, 0.25) is 0 Å². The number of fused-ring (bicyclic) bond motifs is 2. The summed E-state index contributed by atoms with van der Waals surface area (Å²) in [5.41, 5.74) is 3.00. The predicted octanol–water partition coefficient (Wildman–Crippen LogP) is 1.92. The van der Waals surface area contributed by atoms with Crippen molar-refractivity contribution in [1.82, 2.24) is 40.9 Å². The first-order chi connectivity index (χ1) is 23.5. The van der Waals surface area contributed by atoms with Gasteiger partial charge in [-0.1, -0.05) is 68.4 Å². The molecule has 49 heavy (non-hydrogen) atoms. The standard InChI is InChI=1S/C36H46N8O5/c1-22(2)17-29-35(48)39-23(3)33-41-32(25-11-6-5-7-12-25)42-44(33)21-30(45)37-15-10-16-43(20-31(46)38-24(4)34(47)40-29)36(49)28-18-26-13-8-9-14-27(26)19-28/h5-9,11-14,22-24,28-29H,10,15-21H2,1-4H3,(H,37,45)(H,38,46)(H,39,48)(H,40,47)/t23-,24+,29+/m0/s1. The van der Waals surface area contributed by atoms with Crippen molar-refractivity contribution in [2.75, 3.05) is 19.6 Å². The molecule has 3 aromatic rings. The highest BCUT2D eigenvalue weighted by Crippen LogP contribution is 2.28. The summed E-state index contributed by atoms with van der Waals surface area (Å²) in [5, 5.41) is 16.0. The van der Waals surface area contributed by atoms with Gasteiger partial charge in [0, 0.05) is 24.6 Å². The number of carbonyl (C=O) groups excluding carboxylic acids is 5. The smallest absolute Gasteiger partial charge is 0.243 e. The molecule has 13 nitrogen and oxygen atoms in total. The van der Waals surface area contributed by atoms with Crippen LogP contribution in [-0.4, -0.2) is 80.9 Å². The van der Waals surface area contributed by atoms with Gasteiger partial charge in [0.2, 0.25) is 29.5 Å². The molecule has 0 saturated heterocycles. The number of rotatable bonds is 4. The molecule has 2 aromatic carbocycles. The summed E-state index contributed by atoms with van der Waals surface area (Å²) in [4.78, 5) is 73.3. The molecular weight excluding hydrogens is 624 g/mol. The molecule has 13 heteroatoms. The Morgan fingerprint density at radius 3 is 2.18 bits per heavy atom. The minimum atomic E-state index is -0.960. The van der Waals surface area contributed by atoms with Crippen LogP contribution < -0.4 is 21.3 Å². The third-order valence-electron chi connectivity index (χ3n) is 8.86. The zero-order chi connectivity index (χ0) is 35.1. The molecule has 3 atom stereocenters. The molecule has 0 bridgehead atoms. The SMILES string of the molecule is CC(C)C[C@H]1NC(=O)[C@@H](C)NC(=O)CN(C(=O)C2Cc3ccccc3C2)CCCNC(=O)Cn2nc(-c3ccccc3)nc2[C@H](C)NC1=O. The molecule has 1 aromatic heterocycles. The summed E-state index contributed by atoms with van der Waals surface area (Å²) in [6, 6.07) is 14.8. The van der Waals surface area contributed by atoms with Gasteiger partial charge >= 0.3 is 0 Å². The molecule has 5 rings (SSSR count). The molecule has 0 saturated carbocycles. The van der Waals surface area contributed by atoms with Crippen molar-refractivity contribution >= 4 is 29.5 Å². The number of nitrogens with one attached hydrogen (secondary N) is 4. The van der Waals surface area contributed by atoms with E-state index in [1.807, 2.05) is 68.4 Å². The zero-order valence-electron chi connectivity index (χ0n) is 28.6. The lowest BCUT2D eigenvalue weighted by molar-refractivity contribution is -0.140. The minimum Gasteiger partial charge on any atom is -0.354 e. The van der Waals surface area contributed by atoms with Crippen molar-refractivity contribution in [1.29, 1.82) is 0 Å². The Kier molecular flexibility index (Phi) is 11.4. The molecule has 1 aliphatic carbocycles. The van der Waals surface area contributed by atoms with Gasteiger partial charge in [0.05, 0.1) is 12.6 Å².